The molecule has 2 N–H and O–H groups in total. The maximum Gasteiger partial charge on any atom is 0.214 e. The number of carbonyl (C=O) groups is 1. The van der Waals surface area contributed by atoms with Crippen molar-refractivity contribution in [3.63, 3.8) is 0 Å². The van der Waals surface area contributed by atoms with Crippen LogP contribution in [0.1, 0.15) is 12.6 Å². The monoisotopic (exact) mass is 152 g/mol. The quantitative estimate of drug-likeness (QED) is 0.600. The summed E-state index contributed by atoms with van der Waals surface area (Å²) in [6.45, 7) is 3.28. The van der Waals surface area contributed by atoms with Gasteiger partial charge in [0.05, 0.1) is 0 Å². The van der Waals surface area contributed by atoms with E-state index in [4.69, 9.17) is 0 Å². The number of hydrogen-bond donors (Lipinski definition) is 1. The van der Waals surface area contributed by atoms with E-state index in [1.54, 1.807) is 6.20 Å². The Bertz CT molecular complexity index is 205. The van der Waals surface area contributed by atoms with Crippen LogP contribution in [0, 0.1) is 6.92 Å². The molecular formula is C8H12N2O. The van der Waals surface area contributed by atoms with Gasteiger partial charge in [-0.25, -0.2) is 0 Å². The molecule has 11 heavy (non-hydrogen) atoms. The highest BCUT2D eigenvalue weighted by Crippen LogP contribution is 1.85. The Balaban J connectivity index is 0.000000218. The molecule has 0 aromatic carbocycles. The second-order valence-corrected chi connectivity index (χ2v) is 2.08. The lowest BCUT2D eigenvalue weighted by molar-refractivity contribution is -0.115. The number of hydrogen-bond acceptors (Lipinski definition) is 2. The van der Waals surface area contributed by atoms with Crippen LogP contribution in [0.15, 0.2) is 24.4 Å². The number of amides is 1. The van der Waals surface area contributed by atoms with Crippen molar-refractivity contribution < 1.29 is 4.79 Å². The summed E-state index contributed by atoms with van der Waals surface area (Å²) in [4.78, 5) is 13.2. The van der Waals surface area contributed by atoms with Gasteiger partial charge in [-0.1, -0.05) is 6.07 Å². The van der Waals surface area contributed by atoms with E-state index < -0.39 is 0 Å². The zero-order chi connectivity index (χ0) is 8.69. The van der Waals surface area contributed by atoms with Gasteiger partial charge >= 0.3 is 0 Å². The van der Waals surface area contributed by atoms with Crippen LogP contribution in [-0.4, -0.2) is 10.9 Å². The molecule has 3 nitrogen and oxygen atoms in total. The fourth-order valence-corrected chi connectivity index (χ4v) is 0.448. The van der Waals surface area contributed by atoms with Crippen LogP contribution in [0.2, 0.25) is 0 Å². The summed E-state index contributed by atoms with van der Waals surface area (Å²) in [6, 6.07) is 5.86. The number of nitrogens with zero attached hydrogens (tertiary/aromatic N) is 1. The maximum atomic E-state index is 9.22. The molecule has 0 fully saturated rings. The van der Waals surface area contributed by atoms with Crippen LogP contribution >= 0.6 is 0 Å². The van der Waals surface area contributed by atoms with E-state index in [9.17, 15) is 4.79 Å². The number of aromatic nitrogens is 1. The summed E-state index contributed by atoms with van der Waals surface area (Å²) in [5, 5.41) is 0. The van der Waals surface area contributed by atoms with E-state index in [-0.39, 0.29) is 5.91 Å². The highest BCUT2D eigenvalue weighted by molar-refractivity contribution is 5.70. The molecule has 1 aromatic rings. The van der Waals surface area contributed by atoms with Crippen LogP contribution in [-0.2, 0) is 4.79 Å². The van der Waals surface area contributed by atoms with Gasteiger partial charge in [-0.05, 0) is 19.1 Å². The van der Waals surface area contributed by atoms with Crippen molar-refractivity contribution in [2.24, 2.45) is 5.73 Å². The van der Waals surface area contributed by atoms with Gasteiger partial charge in [-0.15, -0.1) is 0 Å². The van der Waals surface area contributed by atoms with Gasteiger partial charge in [0, 0.05) is 18.8 Å². The van der Waals surface area contributed by atoms with Crippen LogP contribution in [0.4, 0.5) is 0 Å². The van der Waals surface area contributed by atoms with Crippen LogP contribution in [0.5, 0.6) is 0 Å². The Morgan fingerprint density at radius 1 is 1.55 bits per heavy atom. The molecule has 1 aromatic heterocycles. The molecule has 0 spiro atoms. The zero-order valence-electron chi connectivity index (χ0n) is 6.74. The van der Waals surface area contributed by atoms with E-state index >= 15 is 0 Å². The molecule has 1 rings (SSSR count). The smallest absolute Gasteiger partial charge is 0.214 e. The van der Waals surface area contributed by atoms with Crippen molar-refractivity contribution in [1.29, 1.82) is 0 Å². The van der Waals surface area contributed by atoms with Gasteiger partial charge in [-0.2, -0.15) is 0 Å². The number of primary amides is 1. The lowest BCUT2D eigenvalue weighted by Gasteiger charge is -1.82. The number of rotatable bonds is 0. The van der Waals surface area contributed by atoms with E-state index in [0.29, 0.717) is 0 Å². The second kappa shape index (κ2) is 5.41. The average Bonchev–Trinajstić information content (AvgIpc) is 1.87. The van der Waals surface area contributed by atoms with Gasteiger partial charge < -0.3 is 5.73 Å². The summed E-state index contributed by atoms with van der Waals surface area (Å²) < 4.78 is 0. The van der Waals surface area contributed by atoms with Gasteiger partial charge in [0.15, 0.2) is 0 Å². The fraction of sp³-hybridized carbons (Fsp3) is 0.250. The molecular weight excluding hydrogens is 140 g/mol. The van der Waals surface area contributed by atoms with Crippen LogP contribution in [0.25, 0.3) is 0 Å². The number of carbonyl (C=O) groups excluding carboxylic acids is 1. The molecule has 0 bridgehead atoms. The predicted octanol–water partition coefficient (Wildman–Crippen LogP) is 0.882. The third kappa shape index (κ3) is 8.62. The maximum absolute atomic E-state index is 9.22. The van der Waals surface area contributed by atoms with E-state index in [1.165, 1.54) is 6.92 Å². The molecule has 0 aliphatic carbocycles. The summed E-state index contributed by atoms with van der Waals surface area (Å²) >= 11 is 0. The van der Waals surface area contributed by atoms with Crippen molar-refractivity contribution in [2.45, 2.75) is 13.8 Å². The molecule has 0 radical (unpaired) electrons. The second-order valence-electron chi connectivity index (χ2n) is 2.08. The average molecular weight is 152 g/mol. The fourth-order valence-electron chi connectivity index (χ4n) is 0.448. The summed E-state index contributed by atoms with van der Waals surface area (Å²) in [5.74, 6) is -0.333. The van der Waals surface area contributed by atoms with Crippen molar-refractivity contribution in [3.8, 4) is 0 Å². The molecule has 0 unspecified atom stereocenters. The highest BCUT2D eigenvalue weighted by atomic mass is 16.1. The first-order valence-corrected chi connectivity index (χ1v) is 3.26. The first-order chi connectivity index (χ1) is 5.13. The Labute approximate surface area is 66.3 Å². The van der Waals surface area contributed by atoms with E-state index in [2.05, 4.69) is 10.7 Å². The SMILES string of the molecule is CC(N)=O.Cc1ccccn1. The minimum atomic E-state index is -0.333. The summed E-state index contributed by atoms with van der Waals surface area (Å²) in [6.07, 6.45) is 1.79. The topological polar surface area (TPSA) is 56.0 Å². The Kier molecular flexibility index (Phi) is 4.73. The zero-order valence-corrected chi connectivity index (χ0v) is 6.74. The molecule has 1 heterocycles. The molecule has 0 aliphatic rings. The van der Waals surface area contributed by atoms with Crippen molar-refractivity contribution in [3.05, 3.63) is 30.1 Å². The first-order valence-electron chi connectivity index (χ1n) is 3.26. The summed E-state index contributed by atoms with van der Waals surface area (Å²) in [7, 11) is 0. The third-order valence-electron chi connectivity index (χ3n) is 0.813. The van der Waals surface area contributed by atoms with Gasteiger partial charge in [0.2, 0.25) is 5.91 Å². The minimum absolute atomic E-state index is 0.333. The van der Waals surface area contributed by atoms with Crippen molar-refractivity contribution in [2.75, 3.05) is 0 Å². The predicted molar refractivity (Wildman–Crippen MR) is 43.8 cm³/mol. The minimum Gasteiger partial charge on any atom is -0.370 e. The number of aryl methyl sites for hydroxylation is 1. The normalized spacial score (nSPS) is 7.82. The van der Waals surface area contributed by atoms with Crippen LogP contribution < -0.4 is 5.73 Å². The highest BCUT2D eigenvalue weighted by Gasteiger charge is 1.73. The third-order valence-corrected chi connectivity index (χ3v) is 0.813. The molecule has 3 heteroatoms. The Morgan fingerprint density at radius 3 is 2.27 bits per heavy atom. The largest absolute Gasteiger partial charge is 0.370 e. The molecule has 0 atom stereocenters. The number of pyridine rings is 1. The van der Waals surface area contributed by atoms with E-state index in [0.717, 1.165) is 5.69 Å². The molecule has 1 amide bonds. The van der Waals surface area contributed by atoms with Gasteiger partial charge in [-0.3, -0.25) is 9.78 Å². The van der Waals surface area contributed by atoms with Gasteiger partial charge in [0.25, 0.3) is 0 Å². The van der Waals surface area contributed by atoms with Crippen molar-refractivity contribution in [1.82, 2.24) is 4.98 Å². The standard InChI is InChI=1S/C6H7N.C2H5NO/c1-6-4-2-3-5-7-6;1-2(3)4/h2-5H,1H3;1H3,(H2,3,4). The molecule has 0 saturated heterocycles. The van der Waals surface area contributed by atoms with Gasteiger partial charge in [0.1, 0.15) is 0 Å². The van der Waals surface area contributed by atoms with E-state index in [1.807, 2.05) is 25.1 Å². The molecule has 0 aliphatic heterocycles. The summed E-state index contributed by atoms with van der Waals surface area (Å²) in [5.41, 5.74) is 5.54. The first kappa shape index (κ1) is 9.62. The lowest BCUT2D eigenvalue weighted by atomic mass is 10.4. The Morgan fingerprint density at radius 2 is 2.09 bits per heavy atom. The van der Waals surface area contributed by atoms with Crippen LogP contribution in [0.3, 0.4) is 0 Å². The molecule has 60 valence electrons. The lowest BCUT2D eigenvalue weighted by Crippen LogP contribution is -2.01. The molecule has 0 saturated carbocycles. The Hall–Kier alpha value is -1.38. The number of nitrogens with two attached hydrogens (primary N) is 1. The van der Waals surface area contributed by atoms with Crippen molar-refractivity contribution >= 4 is 5.91 Å².